The Morgan fingerprint density at radius 3 is 2.50 bits per heavy atom. The van der Waals surface area contributed by atoms with Gasteiger partial charge in [-0.2, -0.15) is 0 Å². The van der Waals surface area contributed by atoms with Gasteiger partial charge in [-0.25, -0.2) is 4.79 Å². The average Bonchev–Trinajstić information content (AvgIpc) is 2.78. The second-order valence-corrected chi connectivity index (χ2v) is 4.01. The second-order valence-electron chi connectivity index (χ2n) is 4.01. The molecule has 1 aliphatic carbocycles. The quantitative estimate of drug-likeness (QED) is 0.698. The molecule has 2 rings (SSSR count). The number of carbonyl (C=O) groups is 2. The lowest BCUT2D eigenvalue weighted by atomic mass is 10.1. The van der Waals surface area contributed by atoms with Crippen LogP contribution in [-0.2, 0) is 9.53 Å². The largest absolute Gasteiger partial charge is 0.443 e. The molecule has 0 radical (unpaired) electrons. The molecular formula is C9H14N2O3. The number of nitrogens with two attached hydrogens (primary N) is 1. The predicted molar refractivity (Wildman–Crippen MR) is 48.4 cm³/mol. The molecule has 5 heteroatoms. The number of hydrogen-bond donors (Lipinski definition) is 1. The van der Waals surface area contributed by atoms with Gasteiger partial charge in [-0.15, -0.1) is 0 Å². The van der Waals surface area contributed by atoms with E-state index in [1.807, 2.05) is 0 Å². The van der Waals surface area contributed by atoms with E-state index >= 15 is 0 Å². The van der Waals surface area contributed by atoms with Crippen molar-refractivity contribution in [1.29, 1.82) is 0 Å². The summed E-state index contributed by atoms with van der Waals surface area (Å²) >= 11 is 0. The molecule has 0 unspecified atom stereocenters. The molecule has 1 saturated heterocycles. The van der Waals surface area contributed by atoms with Crippen LogP contribution in [0.2, 0.25) is 0 Å². The van der Waals surface area contributed by atoms with Crippen molar-refractivity contribution in [3.63, 3.8) is 0 Å². The van der Waals surface area contributed by atoms with Gasteiger partial charge in [-0.1, -0.05) is 0 Å². The maximum absolute atomic E-state index is 11.5. The number of primary amides is 1. The van der Waals surface area contributed by atoms with Crippen LogP contribution in [0.25, 0.3) is 0 Å². The third-order valence-electron chi connectivity index (χ3n) is 2.64. The van der Waals surface area contributed by atoms with Gasteiger partial charge in [-0.3, -0.25) is 4.79 Å². The summed E-state index contributed by atoms with van der Waals surface area (Å²) in [5.74, 6) is 0.787. The van der Waals surface area contributed by atoms with E-state index < -0.39 is 6.09 Å². The summed E-state index contributed by atoms with van der Waals surface area (Å²) in [4.78, 5) is 23.5. The standard InChI is InChI=1S/C9H14N2O3/c10-9(13)14-7-4-11(5-7)8(12)3-6-1-2-6/h6-7H,1-5H2,(H2,10,13). The van der Waals surface area contributed by atoms with E-state index in [4.69, 9.17) is 10.5 Å². The van der Waals surface area contributed by atoms with Gasteiger partial charge >= 0.3 is 6.09 Å². The molecule has 0 aromatic carbocycles. The highest BCUT2D eigenvalue weighted by Gasteiger charge is 2.35. The van der Waals surface area contributed by atoms with Gasteiger partial charge in [0.1, 0.15) is 6.10 Å². The monoisotopic (exact) mass is 198 g/mol. The molecular weight excluding hydrogens is 184 g/mol. The lowest BCUT2D eigenvalue weighted by Crippen LogP contribution is -2.55. The van der Waals surface area contributed by atoms with Crippen molar-refractivity contribution in [1.82, 2.24) is 4.90 Å². The summed E-state index contributed by atoms with van der Waals surface area (Å²) in [5.41, 5.74) is 4.85. The van der Waals surface area contributed by atoms with Crippen molar-refractivity contribution < 1.29 is 14.3 Å². The Morgan fingerprint density at radius 1 is 1.36 bits per heavy atom. The minimum atomic E-state index is -0.760. The predicted octanol–water partition coefficient (Wildman–Crippen LogP) is 0.0926. The number of ether oxygens (including phenoxy) is 1. The maximum atomic E-state index is 11.5. The highest BCUT2D eigenvalue weighted by molar-refractivity contribution is 5.78. The Kier molecular flexibility index (Phi) is 2.31. The molecule has 1 aliphatic heterocycles. The Hall–Kier alpha value is -1.26. The highest BCUT2D eigenvalue weighted by Crippen LogP contribution is 2.33. The van der Waals surface area contributed by atoms with Crippen molar-refractivity contribution in [3.05, 3.63) is 0 Å². The van der Waals surface area contributed by atoms with E-state index in [9.17, 15) is 9.59 Å². The van der Waals surface area contributed by atoms with Crippen LogP contribution < -0.4 is 5.73 Å². The van der Waals surface area contributed by atoms with Gasteiger partial charge in [0.05, 0.1) is 13.1 Å². The summed E-state index contributed by atoms with van der Waals surface area (Å²) in [7, 11) is 0. The zero-order valence-electron chi connectivity index (χ0n) is 7.94. The topological polar surface area (TPSA) is 72.6 Å². The molecule has 1 heterocycles. The second kappa shape index (κ2) is 3.48. The summed E-state index contributed by atoms with van der Waals surface area (Å²) in [6.07, 6.45) is 2.07. The fourth-order valence-corrected chi connectivity index (χ4v) is 1.58. The molecule has 2 fully saturated rings. The van der Waals surface area contributed by atoms with Crippen LogP contribution in [-0.4, -0.2) is 36.1 Å². The van der Waals surface area contributed by atoms with E-state index in [1.54, 1.807) is 4.90 Å². The highest BCUT2D eigenvalue weighted by atomic mass is 16.6. The molecule has 0 bridgehead atoms. The summed E-state index contributed by atoms with van der Waals surface area (Å²) < 4.78 is 4.73. The Morgan fingerprint density at radius 2 is 2.00 bits per heavy atom. The Bertz CT molecular complexity index is 257. The number of carbonyl (C=O) groups excluding carboxylic acids is 2. The van der Waals surface area contributed by atoms with E-state index in [2.05, 4.69) is 0 Å². The number of likely N-dealkylation sites (tertiary alicyclic amines) is 1. The summed E-state index contributed by atoms with van der Waals surface area (Å²) in [6.45, 7) is 1.02. The third kappa shape index (κ3) is 2.16. The summed E-state index contributed by atoms with van der Waals surface area (Å²) in [5, 5.41) is 0. The minimum Gasteiger partial charge on any atom is -0.443 e. The molecule has 0 atom stereocenters. The van der Waals surface area contributed by atoms with Crippen molar-refractivity contribution in [2.24, 2.45) is 11.7 Å². The normalized spacial score (nSPS) is 21.6. The van der Waals surface area contributed by atoms with Gasteiger partial charge in [0.25, 0.3) is 0 Å². The fourth-order valence-electron chi connectivity index (χ4n) is 1.58. The van der Waals surface area contributed by atoms with Gasteiger partial charge in [0, 0.05) is 6.42 Å². The Balaban J connectivity index is 1.65. The van der Waals surface area contributed by atoms with Gasteiger partial charge < -0.3 is 15.4 Å². The first-order valence-electron chi connectivity index (χ1n) is 4.89. The number of amides is 2. The molecule has 2 amide bonds. The van der Waals surface area contributed by atoms with E-state index in [1.165, 1.54) is 12.8 Å². The van der Waals surface area contributed by atoms with Crippen molar-refractivity contribution >= 4 is 12.0 Å². The van der Waals surface area contributed by atoms with Gasteiger partial charge in [0.15, 0.2) is 0 Å². The van der Waals surface area contributed by atoms with Crippen LogP contribution >= 0.6 is 0 Å². The van der Waals surface area contributed by atoms with Crippen molar-refractivity contribution in [3.8, 4) is 0 Å². The summed E-state index contributed by atoms with van der Waals surface area (Å²) in [6, 6.07) is 0. The molecule has 78 valence electrons. The third-order valence-corrected chi connectivity index (χ3v) is 2.64. The van der Waals surface area contributed by atoms with Gasteiger partial charge in [0.2, 0.25) is 5.91 Å². The SMILES string of the molecule is NC(=O)OC1CN(C(=O)CC2CC2)C1. The zero-order chi connectivity index (χ0) is 10.1. The molecule has 2 N–H and O–H groups in total. The smallest absolute Gasteiger partial charge is 0.404 e. The van der Waals surface area contributed by atoms with Crippen LogP contribution in [0, 0.1) is 5.92 Å². The molecule has 0 aromatic rings. The molecule has 14 heavy (non-hydrogen) atoms. The van der Waals surface area contributed by atoms with Crippen LogP contribution in [0.4, 0.5) is 4.79 Å². The average molecular weight is 198 g/mol. The molecule has 1 saturated carbocycles. The molecule has 0 aromatic heterocycles. The maximum Gasteiger partial charge on any atom is 0.404 e. The lowest BCUT2D eigenvalue weighted by Gasteiger charge is -2.38. The number of nitrogens with zero attached hydrogens (tertiary/aromatic N) is 1. The zero-order valence-corrected chi connectivity index (χ0v) is 7.94. The molecule has 5 nitrogen and oxygen atoms in total. The number of rotatable bonds is 3. The van der Waals surface area contributed by atoms with Crippen LogP contribution in [0.3, 0.4) is 0 Å². The molecule has 0 spiro atoms. The number of hydrogen-bond acceptors (Lipinski definition) is 3. The first kappa shape index (κ1) is 9.30. The molecule has 2 aliphatic rings. The fraction of sp³-hybridized carbons (Fsp3) is 0.778. The van der Waals surface area contributed by atoms with Crippen LogP contribution in [0.15, 0.2) is 0 Å². The van der Waals surface area contributed by atoms with Gasteiger partial charge in [-0.05, 0) is 18.8 Å². The first-order valence-corrected chi connectivity index (χ1v) is 4.89. The van der Waals surface area contributed by atoms with Crippen LogP contribution in [0.1, 0.15) is 19.3 Å². The van der Waals surface area contributed by atoms with E-state index in [0.717, 1.165) is 0 Å². The Labute approximate surface area is 82.2 Å². The van der Waals surface area contributed by atoms with E-state index in [-0.39, 0.29) is 12.0 Å². The van der Waals surface area contributed by atoms with E-state index in [0.29, 0.717) is 25.4 Å². The van der Waals surface area contributed by atoms with Crippen molar-refractivity contribution in [2.45, 2.75) is 25.4 Å². The first-order chi connectivity index (χ1) is 6.65. The minimum absolute atomic E-state index is 0.178. The van der Waals surface area contributed by atoms with Crippen LogP contribution in [0.5, 0.6) is 0 Å². The van der Waals surface area contributed by atoms with Crippen molar-refractivity contribution in [2.75, 3.05) is 13.1 Å². The lowest BCUT2D eigenvalue weighted by molar-refractivity contribution is -0.141.